The summed E-state index contributed by atoms with van der Waals surface area (Å²) in [6, 6.07) is 6.80. The summed E-state index contributed by atoms with van der Waals surface area (Å²) in [5, 5.41) is 7.57. The number of H-pyrrole nitrogens is 1. The van der Waals surface area contributed by atoms with Crippen LogP contribution in [0.4, 0.5) is 0 Å². The van der Waals surface area contributed by atoms with Crippen LogP contribution >= 0.6 is 0 Å². The Morgan fingerprint density at radius 1 is 0.636 bits per heavy atom. The monoisotopic (exact) mass is 775 g/mol. The first-order chi connectivity index (χ1) is 20.9. The van der Waals surface area contributed by atoms with Crippen molar-refractivity contribution in [2.24, 2.45) is 0 Å². The van der Waals surface area contributed by atoms with Crippen molar-refractivity contribution in [3.05, 3.63) is 68.8 Å². The molecule has 0 fully saturated rings. The van der Waals surface area contributed by atoms with Gasteiger partial charge in [-0.3, -0.25) is 0 Å². The molecule has 2 N–H and O–H groups in total. The molecule has 6 heteroatoms. The van der Waals surface area contributed by atoms with Crippen LogP contribution in [0.3, 0.4) is 0 Å². The molecule has 0 atom stereocenters. The number of rotatable bonds is 8. The quantitative estimate of drug-likeness (QED) is 0.188. The summed E-state index contributed by atoms with van der Waals surface area (Å²) in [5.41, 5.74) is 19.3. The molecule has 3 aromatic heterocycles. The first-order valence-corrected chi connectivity index (χ1v) is 16.7. The molecule has 0 saturated carbocycles. The Bertz CT molecular complexity index is 1700. The molecule has 2 aliphatic heterocycles. The third-order valence-corrected chi connectivity index (χ3v) is 8.85. The van der Waals surface area contributed by atoms with Crippen LogP contribution in [0.2, 0.25) is 0 Å². The van der Waals surface area contributed by atoms with Gasteiger partial charge in [-0.2, -0.15) is 0 Å². The van der Waals surface area contributed by atoms with Crippen LogP contribution < -0.4 is 0 Å². The van der Waals surface area contributed by atoms with Crippen molar-refractivity contribution in [1.29, 1.82) is 0 Å². The normalized spacial score (nSPS) is 12.3. The molecule has 240 valence electrons. The van der Waals surface area contributed by atoms with Gasteiger partial charge in [-0.05, 0) is 117 Å². The summed E-state index contributed by atoms with van der Waals surface area (Å²) in [4.78, 5) is 14.4. The van der Waals surface area contributed by atoms with E-state index in [-0.39, 0.29) is 27.7 Å². The zero-order chi connectivity index (χ0) is 31.3. The summed E-state index contributed by atoms with van der Waals surface area (Å²) in [7, 11) is 0. The van der Waals surface area contributed by atoms with Gasteiger partial charge in [0.1, 0.15) is 0 Å². The topological polar surface area (TPSA) is 66.7 Å². The molecule has 0 aromatic carbocycles. The molecule has 44 heavy (non-hydrogen) atoms. The van der Waals surface area contributed by atoms with Crippen molar-refractivity contribution >= 4 is 45.4 Å². The molecule has 0 amide bonds. The van der Waals surface area contributed by atoms with E-state index in [1.54, 1.807) is 6.92 Å². The van der Waals surface area contributed by atoms with Gasteiger partial charge in [0.15, 0.2) is 0 Å². The van der Waals surface area contributed by atoms with Crippen molar-refractivity contribution in [2.75, 3.05) is 6.61 Å². The maximum atomic E-state index is 7.57. The van der Waals surface area contributed by atoms with E-state index in [9.17, 15) is 0 Å². The zero-order valence-electron chi connectivity index (χ0n) is 28.4. The van der Waals surface area contributed by atoms with Gasteiger partial charge in [-0.15, -0.1) is 0 Å². The number of aromatic amines is 1. The standard InChI is InChI=1S/C36H46N4.C2H6O.Pt/c1-9-22-19-25-20-23-17-18-24(37-23)21-32-26(10-2)29(13-5)36(40(32)16-8)31(15-7)35-28(12-4)27(11-3)34(39-35)30(14-6)33(22)38-25;1-2-3;/h17-21,38H,9-16H2,1-8H3;3H,2H2,1H3;. The average molecular weight is 776 g/mol. The van der Waals surface area contributed by atoms with Gasteiger partial charge in [0, 0.05) is 61.9 Å². The minimum Gasteiger partial charge on any atom is -0.397 e. The minimum atomic E-state index is 0. The first kappa shape index (κ1) is 35.7. The van der Waals surface area contributed by atoms with Gasteiger partial charge in [0.05, 0.1) is 28.3 Å². The van der Waals surface area contributed by atoms with E-state index in [1.165, 1.54) is 66.9 Å². The second kappa shape index (κ2) is 16.0. The summed E-state index contributed by atoms with van der Waals surface area (Å²) in [6.45, 7) is 21.2. The zero-order valence-corrected chi connectivity index (χ0v) is 30.6. The maximum absolute atomic E-state index is 7.57. The van der Waals surface area contributed by atoms with Crippen LogP contribution in [0.5, 0.6) is 0 Å². The molecule has 5 nitrogen and oxygen atoms in total. The van der Waals surface area contributed by atoms with E-state index < -0.39 is 0 Å². The largest absolute Gasteiger partial charge is 0.397 e. The molecule has 2 aliphatic rings. The Morgan fingerprint density at radius 2 is 1.18 bits per heavy atom. The maximum Gasteiger partial charge on any atom is 0.0725 e. The van der Waals surface area contributed by atoms with Gasteiger partial charge in [-0.1, -0.05) is 48.5 Å². The van der Waals surface area contributed by atoms with Gasteiger partial charge in [0.25, 0.3) is 0 Å². The molecular weight excluding hydrogens is 724 g/mol. The van der Waals surface area contributed by atoms with Crippen molar-refractivity contribution in [2.45, 2.75) is 114 Å². The Kier molecular flexibility index (Phi) is 13.0. The van der Waals surface area contributed by atoms with Crippen molar-refractivity contribution in [3.8, 4) is 0 Å². The molecule has 5 rings (SSSR count). The number of allylic oxidation sites excluding steroid dienone is 2. The number of nitrogens with zero attached hydrogens (tertiary/aromatic N) is 3. The second-order valence-corrected chi connectivity index (χ2v) is 11.2. The van der Waals surface area contributed by atoms with Gasteiger partial charge in [0.2, 0.25) is 0 Å². The first-order valence-electron chi connectivity index (χ1n) is 16.7. The van der Waals surface area contributed by atoms with Crippen LogP contribution in [-0.2, 0) is 59.7 Å². The van der Waals surface area contributed by atoms with Crippen molar-refractivity contribution in [1.82, 2.24) is 19.5 Å². The number of aromatic nitrogens is 4. The molecule has 0 aliphatic carbocycles. The van der Waals surface area contributed by atoms with Gasteiger partial charge < -0.3 is 14.7 Å². The minimum absolute atomic E-state index is 0. The van der Waals surface area contributed by atoms with Gasteiger partial charge in [-0.25, -0.2) is 9.97 Å². The summed E-state index contributed by atoms with van der Waals surface area (Å²) in [6.07, 6.45) is 11.2. The second-order valence-electron chi connectivity index (χ2n) is 11.2. The molecule has 3 aromatic rings. The van der Waals surface area contributed by atoms with E-state index in [2.05, 4.69) is 95.3 Å². The van der Waals surface area contributed by atoms with E-state index in [4.69, 9.17) is 15.1 Å². The number of aliphatic hydroxyl groups excluding tert-OH is 1. The number of aryl methyl sites for hydroxylation is 6. The number of fused-ring (bicyclic) bond motifs is 8. The number of hydrogen-bond acceptors (Lipinski definition) is 3. The number of hydrogen-bond donors (Lipinski definition) is 2. The number of aliphatic hydroxyl groups is 1. The molecular formula is C38H52N4OPt. The SMILES string of the molecule is CCC1=C(CC)c2nc1c(CC)c1[nH]c(cc3nc(cc4c(CC)c(CC)c(c2CC)n4CC)C=C3)cc1CC.CCO.[Pt]. The van der Waals surface area contributed by atoms with Crippen molar-refractivity contribution in [3.63, 3.8) is 0 Å². The van der Waals surface area contributed by atoms with E-state index in [0.29, 0.717) is 0 Å². The molecule has 0 spiro atoms. The molecule has 0 saturated heterocycles. The van der Waals surface area contributed by atoms with Crippen LogP contribution in [0, 0.1) is 0 Å². The fourth-order valence-electron chi connectivity index (χ4n) is 7.06. The summed E-state index contributed by atoms with van der Waals surface area (Å²) < 4.78 is 2.55. The Labute approximate surface area is 279 Å². The Balaban J connectivity index is 0.00000127. The van der Waals surface area contributed by atoms with Crippen LogP contribution in [0.15, 0.2) is 18.2 Å². The third-order valence-electron chi connectivity index (χ3n) is 8.85. The van der Waals surface area contributed by atoms with Crippen LogP contribution in [0.1, 0.15) is 126 Å². The smallest absolute Gasteiger partial charge is 0.0725 e. The predicted octanol–water partition coefficient (Wildman–Crippen LogP) is 9.52. The Hall–Kier alpha value is -2.75. The average Bonchev–Trinajstić information content (AvgIpc) is 3.78. The molecule has 5 heterocycles. The summed E-state index contributed by atoms with van der Waals surface area (Å²) >= 11 is 0. The van der Waals surface area contributed by atoms with Crippen LogP contribution in [-0.4, -0.2) is 31.2 Å². The fourth-order valence-corrected chi connectivity index (χ4v) is 7.06. The third kappa shape index (κ3) is 6.46. The number of nitrogens with one attached hydrogen (secondary N) is 1. The molecule has 0 unspecified atom stereocenters. The van der Waals surface area contributed by atoms with E-state index in [1.807, 2.05) is 0 Å². The van der Waals surface area contributed by atoms with Crippen molar-refractivity contribution < 1.29 is 26.2 Å². The summed E-state index contributed by atoms with van der Waals surface area (Å²) in [5.74, 6) is 0. The molecule has 0 radical (unpaired) electrons. The fraction of sp³-hybridized carbons (Fsp3) is 0.474. The van der Waals surface area contributed by atoms with E-state index in [0.717, 1.165) is 68.4 Å². The van der Waals surface area contributed by atoms with Crippen LogP contribution in [0.25, 0.3) is 45.4 Å². The predicted molar refractivity (Wildman–Crippen MR) is 186 cm³/mol. The van der Waals surface area contributed by atoms with Gasteiger partial charge >= 0.3 is 0 Å². The Morgan fingerprint density at radius 3 is 1.68 bits per heavy atom. The van der Waals surface area contributed by atoms with E-state index >= 15 is 0 Å². The molecule has 8 bridgehead atoms.